The van der Waals surface area contributed by atoms with Gasteiger partial charge in [-0.15, -0.1) is 11.3 Å². The number of methoxy groups -OCH3 is 1. The molecule has 1 aromatic heterocycles. The van der Waals surface area contributed by atoms with E-state index < -0.39 is 0 Å². The molecule has 1 amide bonds. The van der Waals surface area contributed by atoms with Gasteiger partial charge in [-0.25, -0.2) is 9.98 Å². The summed E-state index contributed by atoms with van der Waals surface area (Å²) in [6, 6.07) is 6.21. The van der Waals surface area contributed by atoms with Crippen LogP contribution in [0.2, 0.25) is 0 Å². The second-order valence-electron chi connectivity index (χ2n) is 6.71. The summed E-state index contributed by atoms with van der Waals surface area (Å²) in [5, 5.41) is 5.97. The molecule has 1 aliphatic carbocycles. The van der Waals surface area contributed by atoms with E-state index in [-0.39, 0.29) is 11.9 Å². The van der Waals surface area contributed by atoms with Gasteiger partial charge in [-0.05, 0) is 55.9 Å². The van der Waals surface area contributed by atoms with E-state index >= 15 is 0 Å². The number of benzene rings is 1. The van der Waals surface area contributed by atoms with Gasteiger partial charge in [0.15, 0.2) is 0 Å². The van der Waals surface area contributed by atoms with Crippen molar-refractivity contribution in [3.8, 4) is 0 Å². The third-order valence-electron chi connectivity index (χ3n) is 4.93. The minimum atomic E-state index is -0.142. The van der Waals surface area contributed by atoms with Crippen molar-refractivity contribution in [3.63, 3.8) is 0 Å². The normalized spacial score (nSPS) is 26.9. The van der Waals surface area contributed by atoms with Crippen LogP contribution in [0.25, 0.3) is 16.3 Å². The number of rotatable bonds is 3. The van der Waals surface area contributed by atoms with E-state index in [1.807, 2.05) is 29.8 Å². The number of thiazole rings is 1. The number of carbonyl (C=O) groups excluding carboxylic acids is 1. The highest BCUT2D eigenvalue weighted by Gasteiger charge is 2.24. The van der Waals surface area contributed by atoms with E-state index in [1.165, 1.54) is 0 Å². The second-order valence-corrected chi connectivity index (χ2v) is 7.60. The first kappa shape index (κ1) is 17.2. The number of guanidine groups is 1. The smallest absolute Gasteiger partial charge is 0.274 e. The zero-order chi connectivity index (χ0) is 17.9. The molecule has 1 aromatic carbocycles. The summed E-state index contributed by atoms with van der Waals surface area (Å²) < 4.78 is 6.58. The molecule has 1 saturated carbocycles. The van der Waals surface area contributed by atoms with Crippen LogP contribution in [0.15, 0.2) is 34.4 Å². The molecule has 2 N–H and O–H groups in total. The third kappa shape index (κ3) is 3.78. The van der Waals surface area contributed by atoms with Gasteiger partial charge in [-0.1, -0.05) is 6.07 Å². The van der Waals surface area contributed by atoms with E-state index in [0.717, 1.165) is 47.9 Å². The molecule has 2 atom stereocenters. The number of aliphatic imine (C=N–C) groups is 1. The molecule has 136 valence electrons. The first-order valence-electron chi connectivity index (χ1n) is 8.95. The van der Waals surface area contributed by atoms with Crippen LogP contribution in [-0.2, 0) is 9.53 Å². The van der Waals surface area contributed by atoms with Crippen LogP contribution in [0, 0.1) is 0 Å². The van der Waals surface area contributed by atoms with Crippen molar-refractivity contribution in [2.75, 3.05) is 7.11 Å². The Balaban J connectivity index is 1.47. The molecular formula is C19H22N4O2S. The van der Waals surface area contributed by atoms with Gasteiger partial charge in [0.05, 0.1) is 27.9 Å². The van der Waals surface area contributed by atoms with Crippen LogP contribution in [0.1, 0.15) is 37.7 Å². The van der Waals surface area contributed by atoms with Gasteiger partial charge in [0, 0.05) is 7.11 Å². The highest BCUT2D eigenvalue weighted by atomic mass is 32.1. The zero-order valence-corrected chi connectivity index (χ0v) is 15.5. The van der Waals surface area contributed by atoms with Gasteiger partial charge in [0.1, 0.15) is 5.70 Å². The molecule has 6 nitrogen and oxygen atoms in total. The van der Waals surface area contributed by atoms with Crippen molar-refractivity contribution in [2.24, 2.45) is 4.99 Å². The largest absolute Gasteiger partial charge is 0.381 e. The Kier molecular flexibility index (Phi) is 4.99. The minimum absolute atomic E-state index is 0.142. The van der Waals surface area contributed by atoms with Crippen molar-refractivity contribution in [1.29, 1.82) is 0 Å². The lowest BCUT2D eigenvalue weighted by Gasteiger charge is -2.11. The highest BCUT2D eigenvalue weighted by Crippen LogP contribution is 2.23. The zero-order valence-electron chi connectivity index (χ0n) is 14.7. The molecule has 1 aliphatic heterocycles. The number of hydrogen-bond acceptors (Lipinski definition) is 5. The fraction of sp³-hybridized carbons (Fsp3) is 0.421. The quantitative estimate of drug-likeness (QED) is 0.643. The fourth-order valence-corrected chi connectivity index (χ4v) is 4.21. The van der Waals surface area contributed by atoms with E-state index in [0.29, 0.717) is 17.8 Å². The van der Waals surface area contributed by atoms with Crippen LogP contribution in [0.3, 0.4) is 0 Å². The summed E-state index contributed by atoms with van der Waals surface area (Å²) >= 11 is 1.59. The maximum Gasteiger partial charge on any atom is 0.274 e. The van der Waals surface area contributed by atoms with E-state index in [4.69, 9.17) is 9.73 Å². The van der Waals surface area contributed by atoms with Crippen LogP contribution >= 0.6 is 11.3 Å². The van der Waals surface area contributed by atoms with Gasteiger partial charge in [0.2, 0.25) is 5.96 Å². The molecule has 4 rings (SSSR count). The van der Waals surface area contributed by atoms with Crippen molar-refractivity contribution < 1.29 is 9.53 Å². The monoisotopic (exact) mass is 370 g/mol. The molecule has 2 heterocycles. The van der Waals surface area contributed by atoms with E-state index in [1.54, 1.807) is 18.4 Å². The molecule has 7 heteroatoms. The lowest BCUT2D eigenvalue weighted by molar-refractivity contribution is -0.115. The predicted molar refractivity (Wildman–Crippen MR) is 104 cm³/mol. The Bertz CT molecular complexity index is 873. The predicted octanol–water partition coefficient (Wildman–Crippen LogP) is 3.06. The Morgan fingerprint density at radius 3 is 3.08 bits per heavy atom. The summed E-state index contributed by atoms with van der Waals surface area (Å²) in [6.45, 7) is 0. The van der Waals surface area contributed by atoms with Crippen LogP contribution < -0.4 is 10.6 Å². The Hall–Kier alpha value is -2.25. The number of amides is 1. The first-order chi connectivity index (χ1) is 12.7. The maximum atomic E-state index is 12.3. The highest BCUT2D eigenvalue weighted by molar-refractivity contribution is 7.16. The first-order valence-corrected chi connectivity index (χ1v) is 9.83. The lowest BCUT2D eigenvalue weighted by Crippen LogP contribution is -2.27. The van der Waals surface area contributed by atoms with Crippen molar-refractivity contribution in [3.05, 3.63) is 35.0 Å². The van der Waals surface area contributed by atoms with Gasteiger partial charge in [0.25, 0.3) is 5.91 Å². The molecule has 1 saturated heterocycles. The van der Waals surface area contributed by atoms with Crippen LogP contribution in [0.4, 0.5) is 0 Å². The van der Waals surface area contributed by atoms with Crippen molar-refractivity contribution in [1.82, 2.24) is 15.6 Å². The number of nitrogens with one attached hydrogen (secondary N) is 2. The Morgan fingerprint density at radius 2 is 2.19 bits per heavy atom. The molecule has 0 bridgehead atoms. The number of nitrogens with zero attached hydrogens (tertiary/aromatic N) is 2. The summed E-state index contributed by atoms with van der Waals surface area (Å²) in [6.07, 6.45) is 7.41. The summed E-state index contributed by atoms with van der Waals surface area (Å²) in [5.74, 6) is 0.414. The van der Waals surface area contributed by atoms with Gasteiger partial charge in [-0.2, -0.15) is 0 Å². The number of aromatic nitrogens is 1. The third-order valence-corrected chi connectivity index (χ3v) is 5.72. The van der Waals surface area contributed by atoms with Crippen molar-refractivity contribution in [2.45, 2.75) is 44.2 Å². The number of fused-ring (bicyclic) bond motifs is 1. The SMILES string of the molecule is CO[C@@H]1CCC[C@H](N=C2NC(=O)/C(=C/c3ccc4ncsc4c3)N2)CC1. The average molecular weight is 370 g/mol. The van der Waals surface area contributed by atoms with Gasteiger partial charge >= 0.3 is 0 Å². The van der Waals surface area contributed by atoms with Crippen LogP contribution in [-0.4, -0.2) is 36.1 Å². The minimum Gasteiger partial charge on any atom is -0.381 e. The standard InChI is InChI=1S/C19H22N4O2S/c1-25-14-4-2-3-13(6-7-14)21-19-22-16(18(24)23-19)9-12-5-8-15-17(10-12)26-11-20-15/h5,8-11,13-14H,2-4,6-7H2,1H3,(H2,21,22,23,24)/b16-9-/t13-,14+/m0/s1. The number of hydrogen-bond donors (Lipinski definition) is 2. The van der Waals surface area contributed by atoms with Gasteiger partial charge in [-0.3, -0.25) is 10.1 Å². The molecular weight excluding hydrogens is 348 g/mol. The average Bonchev–Trinajstić information content (AvgIpc) is 3.16. The number of ether oxygens (including phenoxy) is 1. The molecule has 2 aliphatic rings. The molecule has 0 unspecified atom stereocenters. The Labute approximate surface area is 156 Å². The summed E-state index contributed by atoms with van der Waals surface area (Å²) in [5.41, 5.74) is 4.30. The van der Waals surface area contributed by atoms with E-state index in [9.17, 15) is 4.79 Å². The van der Waals surface area contributed by atoms with Gasteiger partial charge < -0.3 is 10.1 Å². The molecule has 2 aromatic rings. The molecule has 0 spiro atoms. The number of carbonyl (C=O) groups is 1. The summed E-state index contributed by atoms with van der Waals surface area (Å²) in [4.78, 5) is 21.3. The lowest BCUT2D eigenvalue weighted by atomic mass is 10.1. The second kappa shape index (κ2) is 7.55. The summed E-state index contributed by atoms with van der Waals surface area (Å²) in [7, 11) is 1.77. The fourth-order valence-electron chi connectivity index (χ4n) is 3.48. The van der Waals surface area contributed by atoms with Crippen LogP contribution in [0.5, 0.6) is 0 Å². The van der Waals surface area contributed by atoms with Crippen molar-refractivity contribution >= 4 is 39.5 Å². The molecule has 2 fully saturated rings. The Morgan fingerprint density at radius 1 is 1.27 bits per heavy atom. The molecule has 26 heavy (non-hydrogen) atoms. The topological polar surface area (TPSA) is 75.6 Å². The van der Waals surface area contributed by atoms with E-state index in [2.05, 4.69) is 15.6 Å². The maximum absolute atomic E-state index is 12.3. The molecule has 0 radical (unpaired) electrons.